The van der Waals surface area contributed by atoms with E-state index < -0.39 is 5.97 Å². The van der Waals surface area contributed by atoms with Crippen LogP contribution in [-0.2, 0) is 6.42 Å². The SMILES string of the molecule is CCCCc1c[nH]c2cc(C)c(C(=O)O)cc12. The van der Waals surface area contributed by atoms with Gasteiger partial charge in [0.25, 0.3) is 0 Å². The summed E-state index contributed by atoms with van der Waals surface area (Å²) in [5.41, 5.74) is 3.44. The molecule has 0 saturated heterocycles. The van der Waals surface area contributed by atoms with Gasteiger partial charge < -0.3 is 10.1 Å². The van der Waals surface area contributed by atoms with E-state index in [1.807, 2.05) is 19.2 Å². The lowest BCUT2D eigenvalue weighted by atomic mass is 10.0. The monoisotopic (exact) mass is 231 g/mol. The molecule has 0 saturated carbocycles. The van der Waals surface area contributed by atoms with Crippen molar-refractivity contribution in [2.75, 3.05) is 0 Å². The quantitative estimate of drug-likeness (QED) is 0.845. The number of H-pyrrole nitrogens is 1. The number of fused-ring (bicyclic) bond motifs is 1. The normalized spacial score (nSPS) is 10.9. The molecule has 0 amide bonds. The highest BCUT2D eigenvalue weighted by molar-refractivity contribution is 5.96. The van der Waals surface area contributed by atoms with Crippen LogP contribution in [0.25, 0.3) is 10.9 Å². The van der Waals surface area contributed by atoms with Crippen LogP contribution in [0.2, 0.25) is 0 Å². The molecule has 3 heteroatoms. The first kappa shape index (κ1) is 11.7. The second-order valence-corrected chi connectivity index (χ2v) is 4.44. The zero-order chi connectivity index (χ0) is 12.4. The number of carboxylic acid groups (broad SMARTS) is 1. The van der Waals surface area contributed by atoms with Crippen molar-refractivity contribution >= 4 is 16.9 Å². The van der Waals surface area contributed by atoms with Gasteiger partial charge in [-0.2, -0.15) is 0 Å². The Balaban J connectivity index is 2.51. The van der Waals surface area contributed by atoms with Gasteiger partial charge in [0.2, 0.25) is 0 Å². The van der Waals surface area contributed by atoms with E-state index in [0.29, 0.717) is 5.56 Å². The minimum absolute atomic E-state index is 0.398. The number of aromatic nitrogens is 1. The molecule has 0 radical (unpaired) electrons. The summed E-state index contributed by atoms with van der Waals surface area (Å²) in [6, 6.07) is 3.70. The highest BCUT2D eigenvalue weighted by atomic mass is 16.4. The van der Waals surface area contributed by atoms with Gasteiger partial charge in [-0.05, 0) is 43.0 Å². The maximum Gasteiger partial charge on any atom is 0.335 e. The van der Waals surface area contributed by atoms with Crippen LogP contribution in [-0.4, -0.2) is 16.1 Å². The number of rotatable bonds is 4. The van der Waals surface area contributed by atoms with Crippen LogP contribution in [0.4, 0.5) is 0 Å². The number of nitrogens with one attached hydrogen (secondary N) is 1. The minimum Gasteiger partial charge on any atom is -0.478 e. The average molecular weight is 231 g/mol. The summed E-state index contributed by atoms with van der Waals surface area (Å²) < 4.78 is 0. The van der Waals surface area contributed by atoms with Gasteiger partial charge in [0, 0.05) is 17.1 Å². The van der Waals surface area contributed by atoms with Crippen molar-refractivity contribution in [2.45, 2.75) is 33.1 Å². The summed E-state index contributed by atoms with van der Waals surface area (Å²) in [6.07, 6.45) is 5.26. The molecule has 1 heterocycles. The zero-order valence-electron chi connectivity index (χ0n) is 10.2. The summed E-state index contributed by atoms with van der Waals surface area (Å²) >= 11 is 0. The molecule has 0 spiro atoms. The van der Waals surface area contributed by atoms with Gasteiger partial charge in [0.15, 0.2) is 0 Å². The second kappa shape index (κ2) is 4.62. The number of hydrogen-bond acceptors (Lipinski definition) is 1. The third-order valence-electron chi connectivity index (χ3n) is 3.14. The third kappa shape index (κ3) is 2.18. The Kier molecular flexibility index (Phi) is 3.18. The number of aryl methyl sites for hydroxylation is 2. The number of carboxylic acids is 1. The largest absolute Gasteiger partial charge is 0.478 e. The molecule has 2 N–H and O–H groups in total. The van der Waals surface area contributed by atoms with Crippen molar-refractivity contribution < 1.29 is 9.90 Å². The lowest BCUT2D eigenvalue weighted by molar-refractivity contribution is 0.0696. The van der Waals surface area contributed by atoms with Gasteiger partial charge in [-0.15, -0.1) is 0 Å². The highest BCUT2D eigenvalue weighted by Crippen LogP contribution is 2.24. The predicted octanol–water partition coefficient (Wildman–Crippen LogP) is 3.52. The van der Waals surface area contributed by atoms with Crippen LogP contribution < -0.4 is 0 Å². The molecule has 3 nitrogen and oxygen atoms in total. The smallest absolute Gasteiger partial charge is 0.335 e. The highest BCUT2D eigenvalue weighted by Gasteiger charge is 2.11. The van der Waals surface area contributed by atoms with E-state index in [9.17, 15) is 4.79 Å². The predicted molar refractivity (Wildman–Crippen MR) is 68.6 cm³/mol. The van der Waals surface area contributed by atoms with Crippen LogP contribution in [0.1, 0.15) is 41.3 Å². The van der Waals surface area contributed by atoms with Crippen molar-refractivity contribution in [1.82, 2.24) is 4.98 Å². The Morgan fingerprint density at radius 1 is 1.41 bits per heavy atom. The van der Waals surface area contributed by atoms with Crippen molar-refractivity contribution in [2.24, 2.45) is 0 Å². The zero-order valence-corrected chi connectivity index (χ0v) is 10.2. The van der Waals surface area contributed by atoms with Gasteiger partial charge >= 0.3 is 5.97 Å². The lowest BCUT2D eigenvalue weighted by Crippen LogP contribution is -1.99. The molecule has 0 bridgehead atoms. The van der Waals surface area contributed by atoms with E-state index in [1.165, 1.54) is 5.56 Å². The van der Waals surface area contributed by atoms with Crippen molar-refractivity contribution in [1.29, 1.82) is 0 Å². The molecule has 90 valence electrons. The number of benzene rings is 1. The Morgan fingerprint density at radius 2 is 2.18 bits per heavy atom. The first-order valence-electron chi connectivity index (χ1n) is 5.97. The average Bonchev–Trinajstić information content (AvgIpc) is 2.67. The fourth-order valence-corrected chi connectivity index (χ4v) is 2.14. The Hall–Kier alpha value is -1.77. The second-order valence-electron chi connectivity index (χ2n) is 4.44. The van der Waals surface area contributed by atoms with E-state index in [-0.39, 0.29) is 0 Å². The Bertz CT molecular complexity index is 555. The Labute approximate surface area is 100 Å². The van der Waals surface area contributed by atoms with E-state index in [1.54, 1.807) is 6.07 Å². The fourth-order valence-electron chi connectivity index (χ4n) is 2.14. The molecular weight excluding hydrogens is 214 g/mol. The van der Waals surface area contributed by atoms with Crippen LogP contribution >= 0.6 is 0 Å². The molecule has 0 fully saturated rings. The molecule has 1 aromatic carbocycles. The summed E-state index contributed by atoms with van der Waals surface area (Å²) in [5.74, 6) is -0.855. The maximum atomic E-state index is 11.1. The third-order valence-corrected chi connectivity index (χ3v) is 3.14. The molecular formula is C14H17NO2. The lowest BCUT2D eigenvalue weighted by Gasteiger charge is -2.03. The van der Waals surface area contributed by atoms with Crippen molar-refractivity contribution in [3.05, 3.63) is 35.0 Å². The topological polar surface area (TPSA) is 53.1 Å². The van der Waals surface area contributed by atoms with Crippen molar-refractivity contribution in [3.8, 4) is 0 Å². The van der Waals surface area contributed by atoms with E-state index in [4.69, 9.17) is 5.11 Å². The van der Waals surface area contributed by atoms with E-state index in [2.05, 4.69) is 11.9 Å². The van der Waals surface area contributed by atoms with Gasteiger partial charge in [-0.3, -0.25) is 0 Å². The van der Waals surface area contributed by atoms with Gasteiger partial charge in [0.1, 0.15) is 0 Å². The first-order chi connectivity index (χ1) is 8.13. The van der Waals surface area contributed by atoms with Crippen LogP contribution in [0.5, 0.6) is 0 Å². The molecule has 0 atom stereocenters. The standard InChI is InChI=1S/C14H17NO2/c1-3-4-5-10-8-15-13-6-9(2)11(14(16)17)7-12(10)13/h6-8,15H,3-5H2,1-2H3,(H,16,17). The Morgan fingerprint density at radius 3 is 2.82 bits per heavy atom. The number of unbranched alkanes of at least 4 members (excludes halogenated alkanes) is 1. The molecule has 0 unspecified atom stereocenters. The fraction of sp³-hybridized carbons (Fsp3) is 0.357. The molecule has 1 aromatic heterocycles. The van der Waals surface area contributed by atoms with Crippen LogP contribution in [0.3, 0.4) is 0 Å². The molecule has 0 aliphatic rings. The molecule has 0 aliphatic carbocycles. The molecule has 0 aliphatic heterocycles. The van der Waals surface area contributed by atoms with E-state index >= 15 is 0 Å². The van der Waals surface area contributed by atoms with E-state index in [0.717, 1.165) is 35.7 Å². The van der Waals surface area contributed by atoms with Crippen molar-refractivity contribution in [3.63, 3.8) is 0 Å². The minimum atomic E-state index is -0.855. The number of aromatic amines is 1. The summed E-state index contributed by atoms with van der Waals surface area (Å²) in [5, 5.41) is 10.2. The summed E-state index contributed by atoms with van der Waals surface area (Å²) in [6.45, 7) is 3.98. The maximum absolute atomic E-state index is 11.1. The number of aromatic carboxylic acids is 1. The van der Waals surface area contributed by atoms with Crippen LogP contribution in [0.15, 0.2) is 18.3 Å². The molecule has 2 rings (SSSR count). The van der Waals surface area contributed by atoms with Gasteiger partial charge in [-0.25, -0.2) is 4.79 Å². The van der Waals surface area contributed by atoms with Crippen LogP contribution in [0, 0.1) is 6.92 Å². The molecule has 2 aromatic rings. The summed E-state index contributed by atoms with van der Waals surface area (Å²) in [7, 11) is 0. The molecule has 17 heavy (non-hydrogen) atoms. The van der Waals surface area contributed by atoms with Gasteiger partial charge in [-0.1, -0.05) is 13.3 Å². The first-order valence-corrected chi connectivity index (χ1v) is 5.97. The summed E-state index contributed by atoms with van der Waals surface area (Å²) in [4.78, 5) is 14.3. The van der Waals surface area contributed by atoms with Gasteiger partial charge in [0.05, 0.1) is 5.56 Å². The number of carbonyl (C=O) groups is 1. The number of hydrogen-bond donors (Lipinski definition) is 2.